The van der Waals surface area contributed by atoms with Gasteiger partial charge in [0.15, 0.2) is 0 Å². The molecule has 0 aromatic rings. The molecule has 0 radical (unpaired) electrons. The normalized spacial score (nSPS) is 49.3. The van der Waals surface area contributed by atoms with E-state index in [1.165, 1.54) is 0 Å². The van der Waals surface area contributed by atoms with Crippen molar-refractivity contribution in [2.75, 3.05) is 5.75 Å². The van der Waals surface area contributed by atoms with Gasteiger partial charge in [0.1, 0.15) is 0 Å². The Morgan fingerprint density at radius 3 is 2.30 bits per heavy atom. The Bertz CT molecular complexity index is 729. The standard InChI is InChI=1S/C23H40O5S.Na/c1-14(8-11-29(26,27)28)17-4-5-18-21-19(7-10-23(17,18)3)22(2)9-6-16(24)12-15(22)13-20(21)25;/h14-21,24-25H,4-13H2,1-3H3,(H,26,27,28);/q;+1/p-1/t14-,15+,16-,17-,18+,19+,20+,21+,22+,23-;/m1./s1. The Balaban J connectivity index is 0.00000256. The third-order valence-corrected chi connectivity index (χ3v) is 11.0. The predicted molar refractivity (Wildman–Crippen MR) is 111 cm³/mol. The average molecular weight is 451 g/mol. The maximum atomic E-state index is 11.2. The number of aliphatic hydroxyl groups excluding tert-OH is 2. The second-order valence-corrected chi connectivity index (χ2v) is 13.0. The number of fused-ring (bicyclic) bond motifs is 5. The van der Waals surface area contributed by atoms with Crippen molar-refractivity contribution in [1.29, 1.82) is 0 Å². The van der Waals surface area contributed by atoms with Gasteiger partial charge in [-0.1, -0.05) is 20.8 Å². The number of hydrogen-bond donors (Lipinski definition) is 2. The molecule has 0 heterocycles. The van der Waals surface area contributed by atoms with Crippen LogP contribution in [0.25, 0.3) is 0 Å². The first kappa shape index (κ1) is 25.5. The number of aliphatic hydroxyl groups is 2. The van der Waals surface area contributed by atoms with Crippen LogP contribution in [0.1, 0.15) is 78.6 Å². The number of hydrogen-bond acceptors (Lipinski definition) is 5. The molecule has 30 heavy (non-hydrogen) atoms. The molecule has 0 aromatic heterocycles. The van der Waals surface area contributed by atoms with Crippen molar-refractivity contribution in [3.8, 4) is 0 Å². The monoisotopic (exact) mass is 450 g/mol. The molecule has 0 amide bonds. The molecule has 10 atom stereocenters. The largest absolute Gasteiger partial charge is 1.00 e. The first-order chi connectivity index (χ1) is 13.5. The van der Waals surface area contributed by atoms with Gasteiger partial charge >= 0.3 is 29.6 Å². The van der Waals surface area contributed by atoms with E-state index in [-0.39, 0.29) is 64.3 Å². The SMILES string of the molecule is C[C@H](CCS(=O)(=O)[O-])[C@H]1CC[C@H]2[C@@H]3[C@@H](O)C[C@@H]4C[C@H](O)CC[C@]4(C)[C@H]3CC[C@]12C.[Na+]. The third kappa shape index (κ3) is 4.33. The second kappa shape index (κ2) is 8.88. The van der Waals surface area contributed by atoms with Crippen LogP contribution in [-0.2, 0) is 10.1 Å². The molecular weight excluding hydrogens is 411 g/mol. The van der Waals surface area contributed by atoms with Crippen molar-refractivity contribution in [2.24, 2.45) is 46.3 Å². The van der Waals surface area contributed by atoms with Gasteiger partial charge in [0.05, 0.1) is 22.3 Å². The molecule has 0 spiro atoms. The van der Waals surface area contributed by atoms with Crippen LogP contribution >= 0.6 is 0 Å². The molecule has 4 rings (SSSR count). The summed E-state index contributed by atoms with van der Waals surface area (Å²) in [5, 5.41) is 21.4. The first-order valence-electron chi connectivity index (χ1n) is 11.8. The van der Waals surface area contributed by atoms with Crippen molar-refractivity contribution in [3.05, 3.63) is 0 Å². The Morgan fingerprint density at radius 2 is 1.63 bits per heavy atom. The predicted octanol–water partition coefficient (Wildman–Crippen LogP) is 0.552. The van der Waals surface area contributed by atoms with Crippen molar-refractivity contribution in [1.82, 2.24) is 0 Å². The summed E-state index contributed by atoms with van der Waals surface area (Å²) < 4.78 is 33.4. The van der Waals surface area contributed by atoms with E-state index in [1.807, 2.05) is 0 Å². The van der Waals surface area contributed by atoms with E-state index < -0.39 is 10.1 Å². The minimum Gasteiger partial charge on any atom is -0.748 e. The quantitative estimate of drug-likeness (QED) is 0.482. The van der Waals surface area contributed by atoms with Crippen LogP contribution < -0.4 is 29.6 Å². The van der Waals surface area contributed by atoms with Crippen LogP contribution in [0.3, 0.4) is 0 Å². The first-order valence-corrected chi connectivity index (χ1v) is 13.3. The second-order valence-electron chi connectivity index (χ2n) is 11.5. The van der Waals surface area contributed by atoms with Crippen LogP contribution in [-0.4, -0.2) is 41.1 Å². The zero-order valence-corrected chi connectivity index (χ0v) is 22.0. The van der Waals surface area contributed by atoms with Gasteiger partial charge in [-0.15, -0.1) is 0 Å². The van der Waals surface area contributed by atoms with Gasteiger partial charge in [0.2, 0.25) is 0 Å². The summed E-state index contributed by atoms with van der Waals surface area (Å²) in [5.74, 6) is 2.15. The summed E-state index contributed by atoms with van der Waals surface area (Å²) in [7, 11) is -4.16. The molecule has 0 unspecified atom stereocenters. The van der Waals surface area contributed by atoms with Gasteiger partial charge in [-0.2, -0.15) is 0 Å². The molecule has 4 aliphatic rings. The smallest absolute Gasteiger partial charge is 0.748 e. The molecule has 0 aliphatic heterocycles. The average Bonchev–Trinajstić information content (AvgIpc) is 2.98. The molecule has 4 saturated carbocycles. The van der Waals surface area contributed by atoms with Gasteiger partial charge in [-0.3, -0.25) is 0 Å². The van der Waals surface area contributed by atoms with E-state index in [4.69, 9.17) is 0 Å². The fourth-order valence-electron chi connectivity index (χ4n) is 8.71. The molecule has 5 nitrogen and oxygen atoms in total. The fourth-order valence-corrected chi connectivity index (χ4v) is 9.37. The van der Waals surface area contributed by atoms with Crippen LogP contribution in [0.2, 0.25) is 0 Å². The van der Waals surface area contributed by atoms with Crippen molar-refractivity contribution in [3.63, 3.8) is 0 Å². The summed E-state index contributed by atoms with van der Waals surface area (Å²) in [4.78, 5) is 0. The molecule has 0 aromatic carbocycles. The van der Waals surface area contributed by atoms with Crippen molar-refractivity contribution in [2.45, 2.75) is 90.8 Å². The zero-order valence-electron chi connectivity index (χ0n) is 19.2. The maximum absolute atomic E-state index is 11.2. The Hall–Kier alpha value is 0.830. The Kier molecular flexibility index (Phi) is 7.54. The zero-order chi connectivity index (χ0) is 21.2. The van der Waals surface area contributed by atoms with Crippen molar-refractivity contribution >= 4 is 10.1 Å². The van der Waals surface area contributed by atoms with Crippen molar-refractivity contribution < 1.29 is 52.7 Å². The van der Waals surface area contributed by atoms with E-state index in [0.29, 0.717) is 36.0 Å². The summed E-state index contributed by atoms with van der Waals surface area (Å²) in [6.45, 7) is 6.91. The van der Waals surface area contributed by atoms with E-state index in [2.05, 4.69) is 20.8 Å². The van der Waals surface area contributed by atoms with Crippen LogP contribution in [0.4, 0.5) is 0 Å². The molecule has 4 fully saturated rings. The maximum Gasteiger partial charge on any atom is 1.00 e. The van der Waals surface area contributed by atoms with Gasteiger partial charge < -0.3 is 14.8 Å². The summed E-state index contributed by atoms with van der Waals surface area (Å²) >= 11 is 0. The fraction of sp³-hybridized carbons (Fsp3) is 1.00. The summed E-state index contributed by atoms with van der Waals surface area (Å²) in [6, 6.07) is 0. The molecule has 2 N–H and O–H groups in total. The molecule has 0 saturated heterocycles. The van der Waals surface area contributed by atoms with Crippen LogP contribution in [0.15, 0.2) is 0 Å². The van der Waals surface area contributed by atoms with Gasteiger partial charge in [-0.05, 0) is 104 Å². The Morgan fingerprint density at radius 1 is 1.00 bits per heavy atom. The topological polar surface area (TPSA) is 97.7 Å². The number of rotatable bonds is 4. The summed E-state index contributed by atoms with van der Waals surface area (Å²) in [6.07, 6.45) is 8.01. The van der Waals surface area contributed by atoms with Crippen LogP contribution in [0.5, 0.6) is 0 Å². The molecule has 7 heteroatoms. The van der Waals surface area contributed by atoms with Gasteiger partial charge in [0.25, 0.3) is 0 Å². The minimum atomic E-state index is -4.16. The molecule has 168 valence electrons. The molecular formula is C23H39NaO5S. The van der Waals surface area contributed by atoms with Crippen LogP contribution in [0, 0.1) is 46.3 Å². The third-order valence-electron chi connectivity index (χ3n) is 10.2. The molecule has 4 aliphatic carbocycles. The van der Waals surface area contributed by atoms with Gasteiger partial charge in [-0.25, -0.2) is 8.42 Å². The molecule has 0 bridgehead atoms. The van der Waals surface area contributed by atoms with E-state index in [9.17, 15) is 23.2 Å². The van der Waals surface area contributed by atoms with Gasteiger partial charge in [0, 0.05) is 5.75 Å². The summed E-state index contributed by atoms with van der Waals surface area (Å²) in [5.41, 5.74) is 0.358. The van der Waals surface area contributed by atoms with E-state index in [0.717, 1.165) is 51.4 Å². The Labute approximate surface area is 204 Å². The minimum absolute atomic E-state index is 0. The van der Waals surface area contributed by atoms with E-state index >= 15 is 0 Å². The van der Waals surface area contributed by atoms with E-state index in [1.54, 1.807) is 0 Å².